The standard InChI is InChI=1S/C19H15NO3/c1-12-6-2-5-9-15(12)20-19(23)18(22)17-14-8-4-3-7-13(14)10-11-16(17)21/h2-11,21H,1H3,(H,20,23). The minimum Gasteiger partial charge on any atom is -0.507 e. The molecule has 0 saturated carbocycles. The number of rotatable bonds is 3. The van der Waals surface area contributed by atoms with Gasteiger partial charge in [-0.2, -0.15) is 0 Å². The zero-order valence-corrected chi connectivity index (χ0v) is 12.5. The molecule has 0 aromatic heterocycles. The van der Waals surface area contributed by atoms with Gasteiger partial charge in [-0.15, -0.1) is 0 Å². The number of hydrogen-bond donors (Lipinski definition) is 2. The number of aromatic hydroxyl groups is 1. The highest BCUT2D eigenvalue weighted by Crippen LogP contribution is 2.28. The highest BCUT2D eigenvalue weighted by atomic mass is 16.3. The molecule has 3 aromatic carbocycles. The molecular weight excluding hydrogens is 290 g/mol. The molecule has 3 aromatic rings. The second-order valence-corrected chi connectivity index (χ2v) is 5.28. The summed E-state index contributed by atoms with van der Waals surface area (Å²) in [7, 11) is 0. The Bertz CT molecular complexity index is 915. The van der Waals surface area contributed by atoms with Crippen LogP contribution in [-0.2, 0) is 4.79 Å². The van der Waals surface area contributed by atoms with Gasteiger partial charge in [-0.3, -0.25) is 9.59 Å². The van der Waals surface area contributed by atoms with Gasteiger partial charge in [0.2, 0.25) is 0 Å². The van der Waals surface area contributed by atoms with Crippen molar-refractivity contribution < 1.29 is 14.7 Å². The summed E-state index contributed by atoms with van der Waals surface area (Å²) in [5, 5.41) is 14.0. The van der Waals surface area contributed by atoms with Crippen molar-refractivity contribution in [3.05, 3.63) is 71.8 Å². The Labute approximate surface area is 133 Å². The second-order valence-electron chi connectivity index (χ2n) is 5.28. The number of para-hydroxylation sites is 1. The average molecular weight is 305 g/mol. The molecule has 0 heterocycles. The number of aryl methyl sites for hydroxylation is 1. The van der Waals surface area contributed by atoms with Crippen LogP contribution in [0, 0.1) is 6.92 Å². The molecule has 23 heavy (non-hydrogen) atoms. The van der Waals surface area contributed by atoms with Crippen LogP contribution in [0.2, 0.25) is 0 Å². The summed E-state index contributed by atoms with van der Waals surface area (Å²) in [6.45, 7) is 1.84. The summed E-state index contributed by atoms with van der Waals surface area (Å²) >= 11 is 0. The van der Waals surface area contributed by atoms with Crippen LogP contribution in [0.1, 0.15) is 15.9 Å². The molecule has 0 aliphatic rings. The molecule has 0 aliphatic heterocycles. The Morgan fingerprint density at radius 3 is 2.39 bits per heavy atom. The molecule has 0 unspecified atom stereocenters. The third kappa shape index (κ3) is 2.79. The van der Waals surface area contributed by atoms with E-state index in [1.165, 1.54) is 6.07 Å². The van der Waals surface area contributed by atoms with Gasteiger partial charge in [-0.05, 0) is 35.4 Å². The maximum Gasteiger partial charge on any atom is 0.296 e. The maximum absolute atomic E-state index is 12.5. The Morgan fingerprint density at radius 1 is 0.913 bits per heavy atom. The van der Waals surface area contributed by atoms with Gasteiger partial charge in [0.25, 0.3) is 11.7 Å². The Morgan fingerprint density at radius 2 is 1.61 bits per heavy atom. The van der Waals surface area contributed by atoms with E-state index in [1.807, 2.05) is 31.2 Å². The zero-order valence-electron chi connectivity index (χ0n) is 12.5. The number of Topliss-reactive ketones (excluding diaryl/α,β-unsaturated/α-hetero) is 1. The molecular formula is C19H15NO3. The van der Waals surface area contributed by atoms with Crippen molar-refractivity contribution >= 4 is 28.2 Å². The zero-order chi connectivity index (χ0) is 16.4. The molecule has 0 saturated heterocycles. The van der Waals surface area contributed by atoms with E-state index in [-0.39, 0.29) is 11.3 Å². The molecule has 0 spiro atoms. The predicted molar refractivity (Wildman–Crippen MR) is 89.8 cm³/mol. The minimum atomic E-state index is -0.772. The van der Waals surface area contributed by atoms with E-state index < -0.39 is 11.7 Å². The summed E-state index contributed by atoms with van der Waals surface area (Å²) in [4.78, 5) is 24.8. The minimum absolute atomic E-state index is 0.0224. The number of carbonyl (C=O) groups is 2. The normalized spacial score (nSPS) is 10.5. The highest BCUT2D eigenvalue weighted by Gasteiger charge is 2.22. The van der Waals surface area contributed by atoms with Crippen LogP contribution in [0.5, 0.6) is 5.75 Å². The van der Waals surface area contributed by atoms with E-state index in [9.17, 15) is 14.7 Å². The van der Waals surface area contributed by atoms with Crippen LogP contribution < -0.4 is 5.32 Å². The fourth-order valence-electron chi connectivity index (χ4n) is 2.50. The number of anilines is 1. The van der Waals surface area contributed by atoms with E-state index in [0.29, 0.717) is 11.1 Å². The molecule has 3 rings (SSSR count). The fraction of sp³-hybridized carbons (Fsp3) is 0.0526. The van der Waals surface area contributed by atoms with E-state index in [4.69, 9.17) is 0 Å². The lowest BCUT2D eigenvalue weighted by molar-refractivity contribution is -0.112. The summed E-state index contributed by atoms with van der Waals surface area (Å²) in [6, 6.07) is 17.5. The number of nitrogens with one attached hydrogen (secondary N) is 1. The smallest absolute Gasteiger partial charge is 0.296 e. The SMILES string of the molecule is Cc1ccccc1NC(=O)C(=O)c1c(O)ccc2ccccc12. The first kappa shape index (κ1) is 14.8. The lowest BCUT2D eigenvalue weighted by Gasteiger charge is -2.10. The molecule has 4 nitrogen and oxygen atoms in total. The molecule has 0 bridgehead atoms. The highest BCUT2D eigenvalue weighted by molar-refractivity contribution is 6.49. The summed E-state index contributed by atoms with van der Waals surface area (Å²) in [5.74, 6) is -1.73. The average Bonchev–Trinajstić information content (AvgIpc) is 2.56. The predicted octanol–water partition coefficient (Wildman–Crippen LogP) is 3.68. The first-order valence-corrected chi connectivity index (χ1v) is 7.20. The quantitative estimate of drug-likeness (QED) is 0.573. The maximum atomic E-state index is 12.5. The lowest BCUT2D eigenvalue weighted by Crippen LogP contribution is -2.23. The van der Waals surface area contributed by atoms with E-state index in [1.54, 1.807) is 30.3 Å². The molecule has 0 aliphatic carbocycles. The molecule has 1 amide bonds. The van der Waals surface area contributed by atoms with Gasteiger partial charge in [0, 0.05) is 5.69 Å². The number of carbonyl (C=O) groups excluding carboxylic acids is 2. The Hall–Kier alpha value is -3.14. The van der Waals surface area contributed by atoms with Crippen molar-refractivity contribution in [3.8, 4) is 5.75 Å². The third-order valence-electron chi connectivity index (χ3n) is 3.73. The van der Waals surface area contributed by atoms with Gasteiger partial charge >= 0.3 is 0 Å². The number of phenolic OH excluding ortho intramolecular Hbond substituents is 1. The van der Waals surface area contributed by atoms with Crippen molar-refractivity contribution in [2.24, 2.45) is 0 Å². The van der Waals surface area contributed by atoms with Crippen LogP contribution in [0.25, 0.3) is 10.8 Å². The summed E-state index contributed by atoms with van der Waals surface area (Å²) in [6.07, 6.45) is 0. The second kappa shape index (κ2) is 5.93. The van der Waals surface area contributed by atoms with Gasteiger partial charge in [-0.25, -0.2) is 0 Å². The van der Waals surface area contributed by atoms with Crippen LogP contribution in [0.15, 0.2) is 60.7 Å². The summed E-state index contributed by atoms with van der Waals surface area (Å²) in [5.41, 5.74) is 1.45. The van der Waals surface area contributed by atoms with Crippen molar-refractivity contribution in [1.29, 1.82) is 0 Å². The van der Waals surface area contributed by atoms with Gasteiger partial charge in [0.15, 0.2) is 0 Å². The number of phenols is 1. The van der Waals surface area contributed by atoms with Gasteiger partial charge in [0.05, 0.1) is 5.56 Å². The number of ketones is 1. The largest absolute Gasteiger partial charge is 0.507 e. The van der Waals surface area contributed by atoms with Gasteiger partial charge in [-0.1, -0.05) is 48.5 Å². The van der Waals surface area contributed by atoms with Crippen LogP contribution >= 0.6 is 0 Å². The van der Waals surface area contributed by atoms with Crippen LogP contribution in [0.4, 0.5) is 5.69 Å². The van der Waals surface area contributed by atoms with E-state index in [0.717, 1.165) is 10.9 Å². The molecule has 0 fully saturated rings. The number of fused-ring (bicyclic) bond motifs is 1. The Kier molecular flexibility index (Phi) is 3.81. The number of hydrogen-bond acceptors (Lipinski definition) is 3. The van der Waals surface area contributed by atoms with Gasteiger partial charge in [0.1, 0.15) is 5.75 Å². The van der Waals surface area contributed by atoms with E-state index >= 15 is 0 Å². The monoisotopic (exact) mass is 305 g/mol. The van der Waals surface area contributed by atoms with Crippen molar-refractivity contribution in [1.82, 2.24) is 0 Å². The first-order chi connectivity index (χ1) is 11.1. The first-order valence-electron chi connectivity index (χ1n) is 7.20. The molecule has 2 N–H and O–H groups in total. The molecule has 0 atom stereocenters. The lowest BCUT2D eigenvalue weighted by atomic mass is 9.99. The van der Waals surface area contributed by atoms with Crippen molar-refractivity contribution in [3.63, 3.8) is 0 Å². The molecule has 4 heteroatoms. The fourth-order valence-corrected chi connectivity index (χ4v) is 2.50. The number of amides is 1. The molecule has 114 valence electrons. The molecule has 0 radical (unpaired) electrons. The van der Waals surface area contributed by atoms with Crippen molar-refractivity contribution in [2.75, 3.05) is 5.32 Å². The Balaban J connectivity index is 1.99. The van der Waals surface area contributed by atoms with Crippen LogP contribution in [0.3, 0.4) is 0 Å². The van der Waals surface area contributed by atoms with Gasteiger partial charge < -0.3 is 10.4 Å². The third-order valence-corrected chi connectivity index (χ3v) is 3.73. The van der Waals surface area contributed by atoms with Crippen LogP contribution in [-0.4, -0.2) is 16.8 Å². The van der Waals surface area contributed by atoms with Crippen molar-refractivity contribution in [2.45, 2.75) is 6.92 Å². The topological polar surface area (TPSA) is 66.4 Å². The summed E-state index contributed by atoms with van der Waals surface area (Å²) < 4.78 is 0. The van der Waals surface area contributed by atoms with E-state index in [2.05, 4.69) is 5.32 Å². The number of benzene rings is 3.